The van der Waals surface area contributed by atoms with E-state index in [0.717, 1.165) is 27.8 Å². The van der Waals surface area contributed by atoms with Gasteiger partial charge in [0, 0.05) is 7.05 Å². The van der Waals surface area contributed by atoms with Gasteiger partial charge in [0.25, 0.3) is 0 Å². The largest absolute Gasteiger partial charge is 0.497 e. The van der Waals surface area contributed by atoms with Crippen molar-refractivity contribution in [1.82, 2.24) is 5.43 Å². The molecule has 3 rings (SSSR count). The number of rotatable bonds is 5. The summed E-state index contributed by atoms with van der Waals surface area (Å²) in [5, 5.41) is 3.93. The molecule has 0 aromatic heterocycles. The molecule has 0 unspecified atom stereocenters. The molecule has 0 saturated carbocycles. The zero-order chi connectivity index (χ0) is 17.8. The highest BCUT2D eigenvalue weighted by Gasteiger charge is 2.17. The van der Waals surface area contributed by atoms with Crippen molar-refractivity contribution in [2.24, 2.45) is 0 Å². The Labute approximate surface area is 148 Å². The van der Waals surface area contributed by atoms with Crippen LogP contribution in [0.3, 0.4) is 0 Å². The number of anilines is 1. The summed E-state index contributed by atoms with van der Waals surface area (Å²) in [6.07, 6.45) is 0. The van der Waals surface area contributed by atoms with Crippen LogP contribution in [0.1, 0.15) is 18.4 Å². The summed E-state index contributed by atoms with van der Waals surface area (Å²) >= 11 is 0. The molecule has 0 saturated heterocycles. The highest BCUT2D eigenvalue weighted by Crippen LogP contribution is 2.25. The van der Waals surface area contributed by atoms with E-state index in [0.29, 0.717) is 0 Å². The molecule has 0 bridgehead atoms. The van der Waals surface area contributed by atoms with Crippen LogP contribution in [0, 0.1) is 0 Å². The van der Waals surface area contributed by atoms with Crippen LogP contribution in [0.2, 0.25) is 0 Å². The normalized spacial score (nSPS) is 11.8. The fourth-order valence-corrected chi connectivity index (χ4v) is 2.77. The average Bonchev–Trinajstić information content (AvgIpc) is 2.67. The minimum absolute atomic E-state index is 0.0424. The molecule has 0 aliphatic rings. The summed E-state index contributed by atoms with van der Waals surface area (Å²) in [5.74, 6) is 0.535. The predicted octanol–water partition coefficient (Wildman–Crippen LogP) is 4.12. The molecule has 0 fully saturated rings. The first-order valence-electron chi connectivity index (χ1n) is 8.25. The molecule has 3 aromatic carbocycles. The quantitative estimate of drug-likeness (QED) is 0.714. The Morgan fingerprint density at radius 3 is 2.40 bits per heavy atom. The van der Waals surface area contributed by atoms with E-state index in [1.54, 1.807) is 12.1 Å². The highest BCUT2D eigenvalue weighted by molar-refractivity contribution is 5.88. The maximum atomic E-state index is 12.6. The topological polar surface area (TPSA) is 41.6 Å². The van der Waals surface area contributed by atoms with Gasteiger partial charge in [0.1, 0.15) is 5.75 Å². The zero-order valence-corrected chi connectivity index (χ0v) is 14.7. The molecule has 0 spiro atoms. The van der Waals surface area contributed by atoms with Crippen LogP contribution in [0.15, 0.2) is 66.7 Å². The summed E-state index contributed by atoms with van der Waals surface area (Å²) in [6, 6.07) is 21.8. The summed E-state index contributed by atoms with van der Waals surface area (Å²) in [6.45, 7) is 1.92. The standard InChI is InChI=1S/C21H22N2O2/c1-15(21(24)22-23(2)19-7-5-4-6-8-19)16-9-10-18-14-20(25-3)12-11-17(18)13-16/h4-15H,1-3H3,(H,22,24)/t15-/m0/s1. The predicted molar refractivity (Wildman–Crippen MR) is 102 cm³/mol. The molecule has 4 nitrogen and oxygen atoms in total. The van der Waals surface area contributed by atoms with Gasteiger partial charge in [-0.15, -0.1) is 0 Å². The molecule has 4 heteroatoms. The second-order valence-corrected chi connectivity index (χ2v) is 6.06. The summed E-state index contributed by atoms with van der Waals surface area (Å²) in [7, 11) is 3.50. The molecule has 1 amide bonds. The average molecular weight is 334 g/mol. The van der Waals surface area contributed by atoms with Crippen LogP contribution in [-0.4, -0.2) is 20.1 Å². The third-order valence-corrected chi connectivity index (χ3v) is 4.39. The van der Waals surface area contributed by atoms with Gasteiger partial charge in [-0.2, -0.15) is 0 Å². The highest BCUT2D eigenvalue weighted by atomic mass is 16.5. The molecule has 3 aromatic rings. The van der Waals surface area contributed by atoms with Crippen LogP contribution in [0.25, 0.3) is 10.8 Å². The van der Waals surface area contributed by atoms with Gasteiger partial charge >= 0.3 is 0 Å². The van der Waals surface area contributed by atoms with Crippen molar-refractivity contribution in [2.45, 2.75) is 12.8 Å². The van der Waals surface area contributed by atoms with Crippen molar-refractivity contribution in [3.05, 3.63) is 72.3 Å². The van der Waals surface area contributed by atoms with Crippen molar-refractivity contribution in [3.63, 3.8) is 0 Å². The SMILES string of the molecule is COc1ccc2cc([C@H](C)C(=O)NN(C)c3ccccc3)ccc2c1. The number of amides is 1. The number of hydrogen-bond acceptors (Lipinski definition) is 3. The fraction of sp³-hybridized carbons (Fsp3) is 0.190. The number of fused-ring (bicyclic) bond motifs is 1. The lowest BCUT2D eigenvalue weighted by Gasteiger charge is -2.23. The Morgan fingerprint density at radius 2 is 1.68 bits per heavy atom. The number of nitrogens with one attached hydrogen (secondary N) is 1. The minimum Gasteiger partial charge on any atom is -0.497 e. The maximum Gasteiger partial charge on any atom is 0.245 e. The Hall–Kier alpha value is -3.01. The van der Waals surface area contributed by atoms with Crippen LogP contribution in [-0.2, 0) is 4.79 Å². The first-order chi connectivity index (χ1) is 12.1. The smallest absolute Gasteiger partial charge is 0.245 e. The van der Waals surface area contributed by atoms with Crippen LogP contribution in [0.5, 0.6) is 5.75 Å². The van der Waals surface area contributed by atoms with E-state index in [1.807, 2.05) is 74.6 Å². The molecule has 128 valence electrons. The first kappa shape index (κ1) is 16.8. The number of carbonyl (C=O) groups is 1. The van der Waals surface area contributed by atoms with Crippen LogP contribution >= 0.6 is 0 Å². The summed E-state index contributed by atoms with van der Waals surface area (Å²) in [5.41, 5.74) is 4.86. The zero-order valence-electron chi connectivity index (χ0n) is 14.7. The molecular weight excluding hydrogens is 312 g/mol. The lowest BCUT2D eigenvalue weighted by atomic mass is 9.97. The monoisotopic (exact) mass is 334 g/mol. The Morgan fingerprint density at radius 1 is 1.00 bits per heavy atom. The molecular formula is C21H22N2O2. The van der Waals surface area contributed by atoms with Crippen molar-refractivity contribution >= 4 is 22.4 Å². The van der Waals surface area contributed by atoms with E-state index < -0.39 is 0 Å². The number of carbonyl (C=O) groups excluding carboxylic acids is 1. The third-order valence-electron chi connectivity index (χ3n) is 4.39. The van der Waals surface area contributed by atoms with E-state index in [1.165, 1.54) is 0 Å². The van der Waals surface area contributed by atoms with Crippen molar-refractivity contribution in [2.75, 3.05) is 19.2 Å². The van der Waals surface area contributed by atoms with Gasteiger partial charge in [-0.25, -0.2) is 0 Å². The van der Waals surface area contributed by atoms with E-state index in [-0.39, 0.29) is 11.8 Å². The number of methoxy groups -OCH3 is 1. The second-order valence-electron chi connectivity index (χ2n) is 6.06. The second kappa shape index (κ2) is 7.26. The molecule has 25 heavy (non-hydrogen) atoms. The fourth-order valence-electron chi connectivity index (χ4n) is 2.77. The Balaban J connectivity index is 1.76. The van der Waals surface area contributed by atoms with Gasteiger partial charge in [-0.1, -0.05) is 42.5 Å². The molecule has 0 radical (unpaired) electrons. The van der Waals surface area contributed by atoms with Crippen LogP contribution in [0.4, 0.5) is 5.69 Å². The van der Waals surface area contributed by atoms with E-state index in [4.69, 9.17) is 4.74 Å². The lowest BCUT2D eigenvalue weighted by molar-refractivity contribution is -0.122. The van der Waals surface area contributed by atoms with E-state index >= 15 is 0 Å². The van der Waals surface area contributed by atoms with Gasteiger partial charge in [0.2, 0.25) is 5.91 Å². The summed E-state index contributed by atoms with van der Waals surface area (Å²) in [4.78, 5) is 12.6. The van der Waals surface area contributed by atoms with Crippen molar-refractivity contribution in [1.29, 1.82) is 0 Å². The number of hydrogen-bond donors (Lipinski definition) is 1. The van der Waals surface area contributed by atoms with E-state index in [2.05, 4.69) is 11.5 Å². The number of ether oxygens (including phenoxy) is 1. The molecule has 1 atom stereocenters. The number of benzene rings is 3. The van der Waals surface area contributed by atoms with Crippen LogP contribution < -0.4 is 15.2 Å². The Bertz CT molecular complexity index is 877. The lowest BCUT2D eigenvalue weighted by Crippen LogP contribution is -2.41. The molecule has 0 heterocycles. The molecule has 1 N–H and O–H groups in total. The molecule has 0 aliphatic heterocycles. The third kappa shape index (κ3) is 3.74. The summed E-state index contributed by atoms with van der Waals surface area (Å²) < 4.78 is 5.25. The van der Waals surface area contributed by atoms with Gasteiger partial charge in [0.15, 0.2) is 0 Å². The minimum atomic E-state index is -0.252. The van der Waals surface area contributed by atoms with Gasteiger partial charge in [-0.05, 0) is 47.5 Å². The first-order valence-corrected chi connectivity index (χ1v) is 8.25. The van der Waals surface area contributed by atoms with Gasteiger partial charge in [0.05, 0.1) is 18.7 Å². The number of para-hydroxylation sites is 1. The van der Waals surface area contributed by atoms with Gasteiger partial charge in [-0.3, -0.25) is 15.2 Å². The van der Waals surface area contributed by atoms with Crippen molar-refractivity contribution < 1.29 is 9.53 Å². The Kier molecular flexibility index (Phi) is 4.89. The molecule has 0 aliphatic carbocycles. The van der Waals surface area contributed by atoms with E-state index in [9.17, 15) is 4.79 Å². The van der Waals surface area contributed by atoms with Gasteiger partial charge < -0.3 is 4.74 Å². The number of nitrogens with zero attached hydrogens (tertiary/aromatic N) is 1. The number of hydrazine groups is 1. The van der Waals surface area contributed by atoms with Crippen molar-refractivity contribution in [3.8, 4) is 5.75 Å². The maximum absolute atomic E-state index is 12.6.